The van der Waals surface area contributed by atoms with E-state index in [1.165, 1.54) is 51.4 Å². The summed E-state index contributed by atoms with van der Waals surface area (Å²) in [5, 5.41) is 53.7. The molecule has 4 aromatic carbocycles. The van der Waals surface area contributed by atoms with E-state index < -0.39 is 0 Å². The first kappa shape index (κ1) is 73.7. The molecule has 11 heteroatoms. The van der Waals surface area contributed by atoms with Crippen LogP contribution in [0.1, 0.15) is 201 Å². The van der Waals surface area contributed by atoms with Crippen LogP contribution in [0.15, 0.2) is 24.3 Å². The van der Waals surface area contributed by atoms with E-state index in [-0.39, 0.29) is 127 Å². The molecule has 4 aromatic rings. The van der Waals surface area contributed by atoms with Crippen LogP contribution in [-0.2, 0) is 40.6 Å². The molecule has 4 fully saturated rings. The molecule has 0 unspecified atom stereocenters. The minimum Gasteiger partial charge on any atom is -0.872 e. The second-order valence-electron chi connectivity index (χ2n) is 24.6. The molecule has 0 N–H and O–H groups in total. The Hall–Kier alpha value is -1.31. The van der Waals surface area contributed by atoms with Gasteiger partial charge in [-0.05, 0) is 217 Å². The van der Waals surface area contributed by atoms with Crippen LogP contribution in [0.5, 0.6) is 23.0 Å². The Balaban J connectivity index is 0.00000103. The molecule has 0 radical (unpaired) electrons. The molecule has 75 heavy (non-hydrogen) atoms. The van der Waals surface area contributed by atoms with Crippen LogP contribution in [-0.4, -0.2) is 75.9 Å². The monoisotopic (exact) mass is 1060 g/mol. The van der Waals surface area contributed by atoms with Gasteiger partial charge in [-0.1, -0.05) is 130 Å². The van der Waals surface area contributed by atoms with Crippen molar-refractivity contribution in [1.29, 1.82) is 0 Å². The molecule has 0 atom stereocenters. The Labute approximate surface area is 517 Å². The summed E-state index contributed by atoms with van der Waals surface area (Å²) in [6.07, 6.45) is 10.2. The molecule has 0 bridgehead atoms. The predicted octanol–water partition coefficient (Wildman–Crippen LogP) is 7.47. The van der Waals surface area contributed by atoms with Gasteiger partial charge in [0.1, 0.15) is 0 Å². The summed E-state index contributed by atoms with van der Waals surface area (Å²) >= 11 is 0. The molecule has 4 heterocycles. The molecule has 4 aliphatic rings. The van der Waals surface area contributed by atoms with Crippen molar-refractivity contribution in [1.82, 2.24) is 0 Å². The van der Waals surface area contributed by atoms with E-state index in [0.717, 1.165) is 120 Å². The third-order valence-electron chi connectivity index (χ3n) is 14.2. The van der Waals surface area contributed by atoms with Crippen molar-refractivity contribution in [3.63, 3.8) is 0 Å². The maximum atomic E-state index is 13.4. The Kier molecular flexibility index (Phi) is 32.2. The molecule has 8 rings (SSSR count). The third-order valence-corrected chi connectivity index (χ3v) is 14.2. The number of hydrogen-bond donors (Lipinski definition) is 0. The minimum atomic E-state index is -0.266. The largest absolute Gasteiger partial charge is 2.00 e. The third kappa shape index (κ3) is 21.3. The number of rotatable bonds is 2. The Morgan fingerprint density at radius 3 is 0.520 bits per heavy atom. The van der Waals surface area contributed by atoms with E-state index in [9.17, 15) is 20.4 Å². The van der Waals surface area contributed by atoms with Crippen molar-refractivity contribution < 1.29 is 98.5 Å². The van der Waals surface area contributed by atoms with Crippen LogP contribution in [0.3, 0.4) is 0 Å². The molecule has 0 saturated carbocycles. The van der Waals surface area contributed by atoms with Gasteiger partial charge < -0.3 is 39.4 Å². The summed E-state index contributed by atoms with van der Waals surface area (Å²) in [6.45, 7) is 48.5. The smallest absolute Gasteiger partial charge is 0.872 e. The van der Waals surface area contributed by atoms with Crippen molar-refractivity contribution >= 4 is 23.1 Å². The number of ether oxygens (including phenoxy) is 4. The average Bonchev–Trinajstić information content (AvgIpc) is 4.15. The SMILES string of the molecule is C1CCOC1.C1CCOC1.C1CCOC1.C1CCOC1.Cc1cc(C(C)(C)C)c([O-])c(-c2c(C)c(C)cc(C(C)(C)C)c2[O-])c1C.Cc1cc(C(C)(C)C)c([O-])c(-c2c(C)c(C)cc(C(C)(C)C)c2[O-])c1C.[Mg+2].[Na+].[Na+]. The quantitative estimate of drug-likeness (QED) is 0.189. The molecular formula is C64H96MgNa2O8. The number of benzene rings is 4. The van der Waals surface area contributed by atoms with Crippen LogP contribution in [0.25, 0.3) is 22.3 Å². The molecule has 4 saturated heterocycles. The van der Waals surface area contributed by atoms with Gasteiger partial charge in [0.05, 0.1) is 0 Å². The molecule has 0 aromatic heterocycles. The van der Waals surface area contributed by atoms with Crippen LogP contribution < -0.4 is 79.5 Å². The van der Waals surface area contributed by atoms with Gasteiger partial charge >= 0.3 is 82.2 Å². The van der Waals surface area contributed by atoms with Crippen LogP contribution in [0.4, 0.5) is 0 Å². The van der Waals surface area contributed by atoms with Crippen LogP contribution in [0.2, 0.25) is 0 Å². The van der Waals surface area contributed by atoms with E-state index in [2.05, 4.69) is 0 Å². The summed E-state index contributed by atoms with van der Waals surface area (Å²) in [6, 6.07) is 7.95. The number of hydrogen-bond acceptors (Lipinski definition) is 8. The van der Waals surface area contributed by atoms with Gasteiger partial charge in [0.15, 0.2) is 0 Å². The van der Waals surface area contributed by atoms with Gasteiger partial charge in [-0.2, -0.15) is 0 Å². The molecule has 0 spiro atoms. The minimum absolute atomic E-state index is 0. The van der Waals surface area contributed by atoms with E-state index in [0.29, 0.717) is 22.3 Å². The molecule has 4 aliphatic heterocycles. The maximum Gasteiger partial charge on any atom is 2.00 e. The normalized spacial score (nSPS) is 15.1. The van der Waals surface area contributed by atoms with Gasteiger partial charge in [0.25, 0.3) is 0 Å². The van der Waals surface area contributed by atoms with E-state index >= 15 is 0 Å². The Bertz CT molecular complexity index is 2020. The van der Waals surface area contributed by atoms with Gasteiger partial charge in [-0.3, -0.25) is 0 Å². The summed E-state index contributed by atoms with van der Waals surface area (Å²) in [5.41, 5.74) is 12.3. The summed E-state index contributed by atoms with van der Waals surface area (Å²) < 4.78 is 19.8. The fourth-order valence-corrected chi connectivity index (χ4v) is 9.04. The maximum absolute atomic E-state index is 13.4. The van der Waals surface area contributed by atoms with Gasteiger partial charge in [-0.15, -0.1) is 0 Å². The first-order chi connectivity index (χ1) is 33.3. The fourth-order valence-electron chi connectivity index (χ4n) is 9.04. The average molecular weight is 1060 g/mol. The van der Waals surface area contributed by atoms with E-state index in [4.69, 9.17) is 18.9 Å². The van der Waals surface area contributed by atoms with E-state index in [1.54, 1.807) is 0 Å². The molecule has 0 aliphatic carbocycles. The second kappa shape index (κ2) is 32.8. The predicted molar refractivity (Wildman–Crippen MR) is 300 cm³/mol. The Morgan fingerprint density at radius 1 is 0.293 bits per heavy atom. The zero-order chi connectivity index (χ0) is 54.5. The van der Waals surface area contributed by atoms with Crippen LogP contribution >= 0.6 is 0 Å². The molecule has 404 valence electrons. The first-order valence-electron chi connectivity index (χ1n) is 26.9. The van der Waals surface area contributed by atoms with Crippen LogP contribution in [0, 0.1) is 55.4 Å². The summed E-state index contributed by atoms with van der Waals surface area (Å²) in [4.78, 5) is 0. The van der Waals surface area contributed by atoms with Gasteiger partial charge in [0.2, 0.25) is 0 Å². The molecule has 8 nitrogen and oxygen atoms in total. The topological polar surface area (TPSA) is 129 Å². The van der Waals surface area contributed by atoms with Crippen molar-refractivity contribution in [3.8, 4) is 45.3 Å². The number of aryl methyl sites for hydroxylation is 4. The Morgan fingerprint density at radius 2 is 0.427 bits per heavy atom. The summed E-state index contributed by atoms with van der Waals surface area (Å²) in [7, 11) is 0. The molecule has 0 amide bonds. The van der Waals surface area contributed by atoms with Gasteiger partial charge in [0, 0.05) is 52.9 Å². The zero-order valence-electron chi connectivity index (χ0n) is 51.6. The standard InChI is InChI=1S/2C24H34O2.4C4H8O.Mg.2Na/c2*1-13-11-17(23(5,6)7)21(25)19(15(13)3)20-16(4)14(2)12-18(22(20)26)24(8,9)10;4*1-2-4-5-3-1;;;/h2*11-12,25-26H,1-10H3;4*1-4H2;;;/q;;;;;;+2;2*+1/p-4. The summed E-state index contributed by atoms with van der Waals surface area (Å²) in [5.74, 6) is -0.0324. The van der Waals surface area contributed by atoms with Crippen molar-refractivity contribution in [3.05, 3.63) is 91.0 Å². The second-order valence-corrected chi connectivity index (χ2v) is 24.6. The first-order valence-corrected chi connectivity index (χ1v) is 26.9. The van der Waals surface area contributed by atoms with Crippen molar-refractivity contribution in [2.45, 2.75) is 212 Å². The fraction of sp³-hybridized carbons (Fsp3) is 0.625. The molecular weight excluding hydrogens is 967 g/mol. The van der Waals surface area contributed by atoms with E-state index in [1.807, 2.05) is 163 Å². The van der Waals surface area contributed by atoms with Crippen molar-refractivity contribution in [2.75, 3.05) is 52.9 Å². The van der Waals surface area contributed by atoms with Crippen molar-refractivity contribution in [2.24, 2.45) is 0 Å². The zero-order valence-corrected chi connectivity index (χ0v) is 57.0. The van der Waals surface area contributed by atoms with Gasteiger partial charge in [-0.25, -0.2) is 0 Å².